The lowest BCUT2D eigenvalue weighted by molar-refractivity contribution is 0.550. The summed E-state index contributed by atoms with van der Waals surface area (Å²) < 4.78 is 1.96. The first-order valence-corrected chi connectivity index (χ1v) is 7.27. The molecule has 4 rings (SSSR count). The van der Waals surface area contributed by atoms with E-state index >= 15 is 0 Å². The second kappa shape index (κ2) is 5.21. The van der Waals surface area contributed by atoms with E-state index in [0.717, 1.165) is 18.4 Å². The highest BCUT2D eigenvalue weighted by molar-refractivity contribution is 5.94. The Morgan fingerprint density at radius 2 is 2.17 bits per heavy atom. The van der Waals surface area contributed by atoms with Gasteiger partial charge in [-0.15, -0.1) is 10.2 Å². The standard InChI is InChI=1S/C15H13N7O/c16-5-12-14(11-1-3-17-6-13(11)20-15(12)23)21-4-2-10(7-21)22-8-18-19-9-22/h1,3,6,8-10H,2,4,7H2,(H,20,23)/t10-/m1/s1. The van der Waals surface area contributed by atoms with Crippen LogP contribution >= 0.6 is 0 Å². The van der Waals surface area contributed by atoms with Crippen molar-refractivity contribution < 1.29 is 0 Å². The smallest absolute Gasteiger partial charge is 0.268 e. The normalized spacial score (nSPS) is 17.5. The lowest BCUT2D eigenvalue weighted by Gasteiger charge is -2.21. The Labute approximate surface area is 131 Å². The van der Waals surface area contributed by atoms with E-state index in [2.05, 4.69) is 25.1 Å². The molecule has 0 aromatic carbocycles. The van der Waals surface area contributed by atoms with Crippen molar-refractivity contribution in [3.05, 3.63) is 47.0 Å². The van der Waals surface area contributed by atoms with Crippen LogP contribution in [0.25, 0.3) is 10.9 Å². The maximum absolute atomic E-state index is 12.2. The fourth-order valence-electron chi connectivity index (χ4n) is 3.15. The number of nitrogens with one attached hydrogen (secondary N) is 1. The van der Waals surface area contributed by atoms with Crippen molar-refractivity contribution >= 4 is 16.6 Å². The van der Waals surface area contributed by atoms with Crippen molar-refractivity contribution in [3.63, 3.8) is 0 Å². The van der Waals surface area contributed by atoms with Gasteiger partial charge in [0.25, 0.3) is 5.56 Å². The summed E-state index contributed by atoms with van der Waals surface area (Å²) in [7, 11) is 0. The van der Waals surface area contributed by atoms with Gasteiger partial charge in [0.15, 0.2) is 0 Å². The van der Waals surface area contributed by atoms with Gasteiger partial charge in [-0.2, -0.15) is 5.26 Å². The molecule has 0 amide bonds. The highest BCUT2D eigenvalue weighted by atomic mass is 16.1. The fourth-order valence-corrected chi connectivity index (χ4v) is 3.15. The Kier molecular flexibility index (Phi) is 3.05. The van der Waals surface area contributed by atoms with Crippen LogP contribution in [0.4, 0.5) is 5.69 Å². The summed E-state index contributed by atoms with van der Waals surface area (Å²) in [6.07, 6.45) is 7.56. The Hall–Kier alpha value is -3.21. The Morgan fingerprint density at radius 3 is 2.96 bits per heavy atom. The minimum absolute atomic E-state index is 0.146. The highest BCUT2D eigenvalue weighted by Crippen LogP contribution is 2.32. The minimum atomic E-state index is -0.379. The molecule has 0 radical (unpaired) electrons. The summed E-state index contributed by atoms with van der Waals surface area (Å²) in [6.45, 7) is 1.46. The molecule has 1 aliphatic heterocycles. The topological polar surface area (TPSA) is 103 Å². The van der Waals surface area contributed by atoms with Crippen LogP contribution in [-0.2, 0) is 0 Å². The minimum Gasteiger partial charge on any atom is -0.368 e. The van der Waals surface area contributed by atoms with Crippen molar-refractivity contribution in [1.29, 1.82) is 5.26 Å². The number of nitrogens with zero attached hydrogens (tertiary/aromatic N) is 6. The molecule has 8 nitrogen and oxygen atoms in total. The monoisotopic (exact) mass is 307 g/mol. The van der Waals surface area contributed by atoms with Crippen molar-refractivity contribution in [2.24, 2.45) is 0 Å². The molecule has 1 saturated heterocycles. The maximum atomic E-state index is 12.2. The molecule has 1 fully saturated rings. The van der Waals surface area contributed by atoms with Gasteiger partial charge in [-0.3, -0.25) is 9.78 Å². The molecule has 0 aliphatic carbocycles. The molecular weight excluding hydrogens is 294 g/mol. The number of rotatable bonds is 2. The van der Waals surface area contributed by atoms with E-state index in [1.54, 1.807) is 25.0 Å². The number of hydrogen-bond acceptors (Lipinski definition) is 6. The van der Waals surface area contributed by atoms with Gasteiger partial charge in [0, 0.05) is 24.7 Å². The van der Waals surface area contributed by atoms with Gasteiger partial charge in [-0.05, 0) is 12.5 Å². The summed E-state index contributed by atoms with van der Waals surface area (Å²) in [5.74, 6) is 0. The van der Waals surface area contributed by atoms with Crippen molar-refractivity contribution in [2.75, 3.05) is 18.0 Å². The Balaban J connectivity index is 1.83. The van der Waals surface area contributed by atoms with E-state index in [4.69, 9.17) is 0 Å². The van der Waals surface area contributed by atoms with Crippen molar-refractivity contribution in [1.82, 2.24) is 24.7 Å². The van der Waals surface area contributed by atoms with Crippen molar-refractivity contribution in [3.8, 4) is 6.07 Å². The molecule has 8 heteroatoms. The van der Waals surface area contributed by atoms with E-state index in [-0.39, 0.29) is 17.2 Å². The number of nitriles is 1. The molecule has 3 aromatic heterocycles. The predicted octanol–water partition coefficient (Wildman–Crippen LogP) is 0.838. The molecule has 3 aromatic rings. The van der Waals surface area contributed by atoms with Gasteiger partial charge in [-0.1, -0.05) is 0 Å². The largest absolute Gasteiger partial charge is 0.368 e. The van der Waals surface area contributed by atoms with Crippen LogP contribution < -0.4 is 10.5 Å². The second-order valence-electron chi connectivity index (χ2n) is 5.51. The third-order valence-electron chi connectivity index (χ3n) is 4.24. The van der Waals surface area contributed by atoms with E-state index < -0.39 is 0 Å². The molecule has 4 heterocycles. The SMILES string of the molecule is N#Cc1c(N2CC[C@@H](n3cnnc3)C2)c2ccncc2[nH]c1=O. The average molecular weight is 307 g/mol. The zero-order valence-electron chi connectivity index (χ0n) is 12.2. The fraction of sp³-hybridized carbons (Fsp3) is 0.267. The number of H-pyrrole nitrogens is 1. The van der Waals surface area contributed by atoms with E-state index in [9.17, 15) is 10.1 Å². The summed E-state index contributed by atoms with van der Waals surface area (Å²) in [5.41, 5.74) is 1.09. The van der Waals surface area contributed by atoms with Crippen LogP contribution in [0.1, 0.15) is 18.0 Å². The maximum Gasteiger partial charge on any atom is 0.268 e. The zero-order valence-corrected chi connectivity index (χ0v) is 12.2. The Bertz CT molecular complexity index is 954. The number of fused-ring (bicyclic) bond motifs is 1. The zero-order chi connectivity index (χ0) is 15.8. The first-order valence-electron chi connectivity index (χ1n) is 7.27. The lowest BCUT2D eigenvalue weighted by Crippen LogP contribution is -2.25. The number of aromatic amines is 1. The van der Waals surface area contributed by atoms with E-state index in [1.807, 2.05) is 16.7 Å². The molecule has 1 atom stereocenters. The Morgan fingerprint density at radius 1 is 1.35 bits per heavy atom. The van der Waals surface area contributed by atoms with Crippen LogP contribution in [-0.4, -0.2) is 37.8 Å². The molecule has 0 bridgehead atoms. The van der Waals surface area contributed by atoms with Crippen LogP contribution in [0.2, 0.25) is 0 Å². The molecule has 0 unspecified atom stereocenters. The first-order chi connectivity index (χ1) is 11.3. The first kappa shape index (κ1) is 13.5. The molecule has 114 valence electrons. The summed E-state index contributed by atoms with van der Waals surface area (Å²) in [4.78, 5) is 21.0. The van der Waals surface area contributed by atoms with Gasteiger partial charge in [0.2, 0.25) is 0 Å². The molecule has 23 heavy (non-hydrogen) atoms. The van der Waals surface area contributed by atoms with Crippen LogP contribution in [0, 0.1) is 11.3 Å². The van der Waals surface area contributed by atoms with Gasteiger partial charge in [0.1, 0.15) is 24.3 Å². The molecular formula is C15H13N7O. The molecule has 1 aliphatic rings. The van der Waals surface area contributed by atoms with Gasteiger partial charge in [-0.25, -0.2) is 0 Å². The number of pyridine rings is 2. The summed E-state index contributed by atoms with van der Waals surface area (Å²) in [6, 6.07) is 4.10. The predicted molar refractivity (Wildman–Crippen MR) is 83.0 cm³/mol. The van der Waals surface area contributed by atoms with E-state index in [0.29, 0.717) is 17.7 Å². The quantitative estimate of drug-likeness (QED) is 0.752. The highest BCUT2D eigenvalue weighted by Gasteiger charge is 2.28. The lowest BCUT2D eigenvalue weighted by atomic mass is 10.1. The van der Waals surface area contributed by atoms with Gasteiger partial charge < -0.3 is 14.5 Å². The van der Waals surface area contributed by atoms with Crippen LogP contribution in [0.3, 0.4) is 0 Å². The van der Waals surface area contributed by atoms with Gasteiger partial charge >= 0.3 is 0 Å². The third kappa shape index (κ3) is 2.14. The molecule has 1 N–H and O–H groups in total. The third-order valence-corrected chi connectivity index (χ3v) is 4.24. The summed E-state index contributed by atoms with van der Waals surface area (Å²) in [5, 5.41) is 17.9. The second-order valence-corrected chi connectivity index (χ2v) is 5.51. The van der Waals surface area contributed by atoms with Crippen molar-refractivity contribution in [2.45, 2.75) is 12.5 Å². The van der Waals surface area contributed by atoms with Gasteiger partial charge in [0.05, 0.1) is 23.4 Å². The number of anilines is 1. The average Bonchev–Trinajstić information content (AvgIpc) is 3.24. The molecule has 0 saturated carbocycles. The number of hydrogen-bond donors (Lipinski definition) is 1. The summed E-state index contributed by atoms with van der Waals surface area (Å²) >= 11 is 0. The van der Waals surface area contributed by atoms with Crippen LogP contribution in [0.15, 0.2) is 35.9 Å². The van der Waals surface area contributed by atoms with Crippen LogP contribution in [0.5, 0.6) is 0 Å². The molecule has 0 spiro atoms. The van der Waals surface area contributed by atoms with E-state index in [1.165, 1.54) is 0 Å². The number of aromatic nitrogens is 5.